The number of halogens is 1. The lowest BCUT2D eigenvalue weighted by molar-refractivity contribution is -0.118. The molecule has 1 aromatic heterocycles. The summed E-state index contributed by atoms with van der Waals surface area (Å²) in [5, 5.41) is 2.81. The summed E-state index contributed by atoms with van der Waals surface area (Å²) in [5.41, 5.74) is 1.17. The predicted molar refractivity (Wildman–Crippen MR) is 87.6 cm³/mol. The molecule has 6 heteroatoms. The Hall–Kier alpha value is -1.82. The van der Waals surface area contributed by atoms with E-state index in [4.69, 9.17) is 0 Å². The van der Waals surface area contributed by atoms with Gasteiger partial charge in [-0.2, -0.15) is 0 Å². The van der Waals surface area contributed by atoms with Crippen molar-refractivity contribution in [2.45, 2.75) is 32.1 Å². The highest BCUT2D eigenvalue weighted by Crippen LogP contribution is 2.22. The molecule has 0 aliphatic heterocycles. The average Bonchev–Trinajstić information content (AvgIpc) is 2.96. The minimum atomic E-state index is -0.339. The molecule has 1 N–H and O–H groups in total. The summed E-state index contributed by atoms with van der Waals surface area (Å²) < 4.78 is 15.7. The Labute approximate surface area is 134 Å². The maximum absolute atomic E-state index is 14.1. The van der Waals surface area contributed by atoms with Gasteiger partial charge in [-0.05, 0) is 17.7 Å². The third-order valence-electron chi connectivity index (χ3n) is 2.92. The number of thioether (sulfide) groups is 1. The smallest absolute Gasteiger partial charge is 0.230 e. The predicted octanol–water partition coefficient (Wildman–Crippen LogP) is 3.16. The van der Waals surface area contributed by atoms with Crippen molar-refractivity contribution in [2.75, 3.05) is 5.75 Å². The summed E-state index contributed by atoms with van der Waals surface area (Å²) in [6.07, 6.45) is 4.83. The van der Waals surface area contributed by atoms with Gasteiger partial charge in [0.1, 0.15) is 5.82 Å². The molecule has 0 spiro atoms. The molecule has 0 radical (unpaired) electrons. The molecule has 0 fully saturated rings. The summed E-state index contributed by atoms with van der Waals surface area (Å²) in [6, 6.07) is 4.92. The fourth-order valence-corrected chi connectivity index (χ4v) is 2.47. The Bertz CT molecular complexity index is 635. The van der Waals surface area contributed by atoms with Gasteiger partial charge in [-0.25, -0.2) is 9.37 Å². The number of nitrogens with one attached hydrogen (secondary N) is 1. The fourth-order valence-electron chi connectivity index (χ4n) is 1.81. The highest BCUT2D eigenvalue weighted by molar-refractivity contribution is 8.01. The van der Waals surface area contributed by atoms with Crippen molar-refractivity contribution < 1.29 is 9.18 Å². The van der Waals surface area contributed by atoms with Crippen LogP contribution in [-0.4, -0.2) is 26.0 Å². The molecule has 0 saturated carbocycles. The molecule has 118 valence electrons. The first-order valence-corrected chi connectivity index (χ1v) is 8.01. The van der Waals surface area contributed by atoms with E-state index in [-0.39, 0.29) is 16.5 Å². The lowest BCUT2D eigenvalue weighted by Gasteiger charge is -2.17. The molecule has 0 aliphatic rings. The van der Waals surface area contributed by atoms with E-state index in [9.17, 15) is 9.18 Å². The molecule has 4 nitrogen and oxygen atoms in total. The maximum Gasteiger partial charge on any atom is 0.230 e. The summed E-state index contributed by atoms with van der Waals surface area (Å²) in [5.74, 6) is 0.0203. The SMILES string of the molecule is CC(C)(C)SCC(=O)NCc1ccc(-n2ccnc2)c(F)c1. The standard InChI is InChI=1S/C16H20FN3OS/c1-16(2,3)22-10-15(21)19-9-12-4-5-14(13(17)8-12)20-7-6-18-11-20/h4-8,11H,9-10H2,1-3H3,(H,19,21). The molecule has 1 aromatic carbocycles. The first kappa shape index (κ1) is 16.5. The van der Waals surface area contributed by atoms with Crippen LogP contribution in [0.15, 0.2) is 36.9 Å². The normalized spacial score (nSPS) is 11.5. The van der Waals surface area contributed by atoms with Crippen LogP contribution in [0, 0.1) is 5.82 Å². The molecule has 22 heavy (non-hydrogen) atoms. The van der Waals surface area contributed by atoms with Crippen molar-refractivity contribution in [2.24, 2.45) is 0 Å². The third kappa shape index (κ3) is 4.87. The van der Waals surface area contributed by atoms with Crippen molar-refractivity contribution in [3.05, 3.63) is 48.3 Å². The largest absolute Gasteiger partial charge is 0.351 e. The van der Waals surface area contributed by atoms with Crippen molar-refractivity contribution in [3.8, 4) is 5.69 Å². The maximum atomic E-state index is 14.1. The third-order valence-corrected chi connectivity index (χ3v) is 4.19. The zero-order valence-corrected chi connectivity index (χ0v) is 13.8. The van der Waals surface area contributed by atoms with E-state index < -0.39 is 0 Å². The molecule has 2 aromatic rings. The molecule has 0 atom stereocenters. The van der Waals surface area contributed by atoms with Crippen LogP contribution in [-0.2, 0) is 11.3 Å². The first-order valence-electron chi connectivity index (χ1n) is 7.02. The number of hydrogen-bond acceptors (Lipinski definition) is 3. The van der Waals surface area contributed by atoms with Crippen LogP contribution in [0.25, 0.3) is 5.69 Å². The van der Waals surface area contributed by atoms with Crippen LogP contribution in [0.2, 0.25) is 0 Å². The molecule has 0 bridgehead atoms. The van der Waals surface area contributed by atoms with Crippen molar-refractivity contribution in [1.29, 1.82) is 0 Å². The topological polar surface area (TPSA) is 46.9 Å². The lowest BCUT2D eigenvalue weighted by Crippen LogP contribution is -2.26. The second-order valence-electron chi connectivity index (χ2n) is 5.93. The number of hydrogen-bond donors (Lipinski definition) is 1. The van der Waals surface area contributed by atoms with Crippen molar-refractivity contribution >= 4 is 17.7 Å². The number of carbonyl (C=O) groups excluding carboxylic acids is 1. The van der Waals surface area contributed by atoms with E-state index in [0.717, 1.165) is 5.56 Å². The van der Waals surface area contributed by atoms with Crippen LogP contribution in [0.3, 0.4) is 0 Å². The second-order valence-corrected chi connectivity index (χ2v) is 7.74. The van der Waals surface area contributed by atoms with E-state index in [1.54, 1.807) is 47.2 Å². The van der Waals surface area contributed by atoms with Gasteiger partial charge in [0.2, 0.25) is 5.91 Å². The second kappa shape index (κ2) is 6.96. The number of amides is 1. The van der Waals surface area contributed by atoms with Crippen molar-refractivity contribution in [1.82, 2.24) is 14.9 Å². The van der Waals surface area contributed by atoms with Crippen LogP contribution >= 0.6 is 11.8 Å². The summed E-state index contributed by atoms with van der Waals surface area (Å²) in [4.78, 5) is 15.7. The van der Waals surface area contributed by atoms with E-state index in [2.05, 4.69) is 31.1 Å². The van der Waals surface area contributed by atoms with Gasteiger partial charge in [0.25, 0.3) is 0 Å². The van der Waals surface area contributed by atoms with Crippen LogP contribution in [0.1, 0.15) is 26.3 Å². The monoisotopic (exact) mass is 321 g/mol. The average molecular weight is 321 g/mol. The zero-order valence-electron chi connectivity index (χ0n) is 13.0. The van der Waals surface area contributed by atoms with E-state index in [1.165, 1.54) is 6.07 Å². The summed E-state index contributed by atoms with van der Waals surface area (Å²) >= 11 is 1.58. The minimum Gasteiger partial charge on any atom is -0.351 e. The number of imidazole rings is 1. The van der Waals surface area contributed by atoms with Crippen molar-refractivity contribution in [3.63, 3.8) is 0 Å². The molecular formula is C16H20FN3OS. The molecule has 0 saturated heterocycles. The van der Waals surface area contributed by atoms with Gasteiger partial charge in [0, 0.05) is 23.7 Å². The number of benzene rings is 1. The Balaban J connectivity index is 1.91. The van der Waals surface area contributed by atoms with Gasteiger partial charge in [0.15, 0.2) is 0 Å². The summed E-state index contributed by atoms with van der Waals surface area (Å²) in [7, 11) is 0. The summed E-state index contributed by atoms with van der Waals surface area (Å²) in [6.45, 7) is 6.52. The van der Waals surface area contributed by atoms with Gasteiger partial charge >= 0.3 is 0 Å². The number of aromatic nitrogens is 2. The van der Waals surface area contributed by atoms with E-state index in [0.29, 0.717) is 18.0 Å². The Morgan fingerprint density at radius 1 is 1.41 bits per heavy atom. The molecular weight excluding hydrogens is 301 g/mol. The number of rotatable bonds is 5. The van der Waals surface area contributed by atoms with Crippen LogP contribution in [0.4, 0.5) is 4.39 Å². The van der Waals surface area contributed by atoms with Gasteiger partial charge < -0.3 is 9.88 Å². The Morgan fingerprint density at radius 3 is 2.77 bits per heavy atom. The lowest BCUT2D eigenvalue weighted by atomic mass is 10.2. The van der Waals surface area contributed by atoms with E-state index in [1.807, 2.05) is 0 Å². The van der Waals surface area contributed by atoms with Crippen LogP contribution in [0.5, 0.6) is 0 Å². The van der Waals surface area contributed by atoms with Gasteiger partial charge in [0.05, 0.1) is 17.8 Å². The quantitative estimate of drug-likeness (QED) is 0.920. The Kier molecular flexibility index (Phi) is 5.24. The highest BCUT2D eigenvalue weighted by Gasteiger charge is 2.13. The molecule has 1 heterocycles. The van der Waals surface area contributed by atoms with Gasteiger partial charge in [-0.1, -0.05) is 26.8 Å². The number of nitrogens with zero attached hydrogens (tertiary/aromatic N) is 2. The first-order chi connectivity index (χ1) is 10.3. The molecule has 2 rings (SSSR count). The van der Waals surface area contributed by atoms with E-state index >= 15 is 0 Å². The zero-order chi connectivity index (χ0) is 16.2. The highest BCUT2D eigenvalue weighted by atomic mass is 32.2. The fraction of sp³-hybridized carbons (Fsp3) is 0.375. The molecule has 1 amide bonds. The Morgan fingerprint density at radius 2 is 2.18 bits per heavy atom. The molecule has 0 aliphatic carbocycles. The van der Waals surface area contributed by atoms with Gasteiger partial charge in [-0.3, -0.25) is 4.79 Å². The van der Waals surface area contributed by atoms with Crippen LogP contribution < -0.4 is 5.32 Å². The number of carbonyl (C=O) groups is 1. The minimum absolute atomic E-state index is 0.0426. The molecule has 0 unspecified atom stereocenters. The van der Waals surface area contributed by atoms with Gasteiger partial charge in [-0.15, -0.1) is 11.8 Å².